The Balaban J connectivity index is 0.00000405. The summed E-state index contributed by atoms with van der Waals surface area (Å²) in [6.45, 7) is 0. The van der Waals surface area contributed by atoms with E-state index in [2.05, 4.69) is 15.5 Å². The Morgan fingerprint density at radius 2 is 1.38 bits per heavy atom. The molecule has 0 bridgehead atoms. The van der Waals surface area contributed by atoms with Crippen LogP contribution in [0.15, 0.2) is 105 Å². The van der Waals surface area contributed by atoms with E-state index in [1.807, 2.05) is 0 Å². The molecular weight excluding hydrogens is 597 g/mol. The number of hydrogen-bond acceptors (Lipinski definition) is 9. The molecule has 15 heteroatoms. The van der Waals surface area contributed by atoms with Crippen molar-refractivity contribution < 1.29 is 70.5 Å². The van der Waals surface area contributed by atoms with Gasteiger partial charge in [0.1, 0.15) is 16.3 Å². The first-order valence-electron chi connectivity index (χ1n) is 11.6. The standard InChI is InChI=1S/C27H19N3O9S2.Na/c31-23-14-20(40(34,35)36)12-16-11-19(7-8-21(16)23)29-30-25-24(41(37,38)39)13-17-10-18(6-9-22(17)26(25)32)28-27(33)15-4-2-1-3-5-15;/h1-14,31-32H,(H,28,33)(H,34,35,36)(H,37,38,39);/q;+1. The van der Waals surface area contributed by atoms with E-state index in [1.165, 1.54) is 36.4 Å². The van der Waals surface area contributed by atoms with Gasteiger partial charge in [-0.25, -0.2) is 0 Å². The summed E-state index contributed by atoms with van der Waals surface area (Å²) in [5.74, 6) is -1.45. The number of rotatable bonds is 6. The number of fused-ring (bicyclic) bond motifs is 2. The quantitative estimate of drug-likeness (QED) is 0.108. The van der Waals surface area contributed by atoms with Gasteiger partial charge in [-0.2, -0.15) is 21.9 Å². The Bertz CT molecular complexity index is 2120. The number of nitrogens with zero attached hydrogens (tertiary/aromatic N) is 2. The van der Waals surface area contributed by atoms with Crippen molar-refractivity contribution in [1.82, 2.24) is 0 Å². The van der Waals surface area contributed by atoms with Crippen LogP contribution in [-0.4, -0.2) is 42.1 Å². The number of benzene rings is 5. The molecule has 12 nitrogen and oxygen atoms in total. The predicted octanol–water partition coefficient (Wildman–Crippen LogP) is 2.57. The number of carbonyl (C=O) groups excluding carboxylic acids is 1. The van der Waals surface area contributed by atoms with Gasteiger partial charge in [0, 0.05) is 28.1 Å². The summed E-state index contributed by atoms with van der Waals surface area (Å²) in [4.78, 5) is 11.2. The Morgan fingerprint density at radius 3 is 2.05 bits per heavy atom. The summed E-state index contributed by atoms with van der Waals surface area (Å²) >= 11 is 0. The summed E-state index contributed by atoms with van der Waals surface area (Å²) in [5, 5.41) is 32.2. The molecule has 5 N–H and O–H groups in total. The second kappa shape index (κ2) is 11.8. The largest absolute Gasteiger partial charge is 1.00 e. The van der Waals surface area contributed by atoms with Crippen LogP contribution in [0.4, 0.5) is 17.1 Å². The molecule has 0 atom stereocenters. The van der Waals surface area contributed by atoms with Crippen molar-refractivity contribution in [3.05, 3.63) is 90.5 Å². The zero-order chi connectivity index (χ0) is 29.5. The number of phenolic OH excluding ortho intramolecular Hbond substituents is 2. The molecule has 0 fully saturated rings. The fraction of sp³-hybridized carbons (Fsp3) is 0. The van der Waals surface area contributed by atoms with E-state index < -0.39 is 53.1 Å². The van der Waals surface area contributed by atoms with E-state index in [1.54, 1.807) is 30.3 Å². The number of hydrogen-bond donors (Lipinski definition) is 5. The van der Waals surface area contributed by atoms with Gasteiger partial charge < -0.3 is 15.5 Å². The van der Waals surface area contributed by atoms with Crippen molar-refractivity contribution in [3.63, 3.8) is 0 Å². The van der Waals surface area contributed by atoms with Crippen LogP contribution in [0.25, 0.3) is 21.5 Å². The molecule has 0 spiro atoms. The van der Waals surface area contributed by atoms with E-state index >= 15 is 0 Å². The number of nitrogens with one attached hydrogen (secondary N) is 1. The molecule has 0 heterocycles. The van der Waals surface area contributed by atoms with Gasteiger partial charge in [-0.3, -0.25) is 13.9 Å². The zero-order valence-electron chi connectivity index (χ0n) is 21.6. The topological polar surface area (TPSA) is 203 Å². The van der Waals surface area contributed by atoms with E-state index in [0.717, 1.165) is 18.2 Å². The zero-order valence-corrected chi connectivity index (χ0v) is 25.3. The van der Waals surface area contributed by atoms with Crippen LogP contribution in [0.1, 0.15) is 10.4 Å². The summed E-state index contributed by atoms with van der Waals surface area (Å²) in [5.41, 5.74) is 0.174. The Labute approximate surface area is 261 Å². The third kappa shape index (κ3) is 6.44. The Kier molecular flexibility index (Phi) is 8.71. The molecule has 0 aliphatic heterocycles. The summed E-state index contributed by atoms with van der Waals surface area (Å²) in [7, 11) is -9.54. The second-order valence-electron chi connectivity index (χ2n) is 8.83. The van der Waals surface area contributed by atoms with E-state index in [4.69, 9.17) is 0 Å². The molecule has 5 rings (SSSR count). The normalized spacial score (nSPS) is 12.0. The molecule has 1 amide bonds. The average Bonchev–Trinajstić information content (AvgIpc) is 2.91. The minimum atomic E-state index is -4.92. The summed E-state index contributed by atoms with van der Waals surface area (Å²) in [6.07, 6.45) is 0. The van der Waals surface area contributed by atoms with Crippen molar-refractivity contribution >= 4 is 64.8 Å². The van der Waals surface area contributed by atoms with Gasteiger partial charge in [0.25, 0.3) is 26.1 Å². The molecule has 0 radical (unpaired) electrons. The van der Waals surface area contributed by atoms with Gasteiger partial charge in [0.2, 0.25) is 0 Å². The number of amides is 1. The number of aromatic hydroxyl groups is 2. The second-order valence-corrected chi connectivity index (χ2v) is 11.6. The van der Waals surface area contributed by atoms with Gasteiger partial charge in [-0.05, 0) is 71.4 Å². The molecule has 208 valence electrons. The SMILES string of the molecule is O=C(Nc1ccc2c(O)c(N=Nc3ccc4c(O)cc(S(=O)(=O)O)cc4c3)c(S(=O)(=O)O)cc2c1)c1ccccc1.[Na+]. The van der Waals surface area contributed by atoms with E-state index in [0.29, 0.717) is 11.3 Å². The molecule has 5 aromatic rings. The molecule has 0 aliphatic rings. The van der Waals surface area contributed by atoms with Gasteiger partial charge in [-0.1, -0.05) is 18.2 Å². The Morgan fingerprint density at radius 1 is 0.714 bits per heavy atom. The summed E-state index contributed by atoms with van der Waals surface area (Å²) < 4.78 is 66.7. The van der Waals surface area contributed by atoms with Crippen molar-refractivity contribution in [2.24, 2.45) is 10.2 Å². The maximum absolute atomic E-state index is 12.5. The third-order valence-electron chi connectivity index (χ3n) is 6.07. The van der Waals surface area contributed by atoms with Crippen molar-refractivity contribution in [2.45, 2.75) is 9.79 Å². The molecule has 0 unspecified atom stereocenters. The van der Waals surface area contributed by atoms with Crippen molar-refractivity contribution in [1.29, 1.82) is 0 Å². The number of anilines is 1. The fourth-order valence-electron chi connectivity index (χ4n) is 4.14. The van der Waals surface area contributed by atoms with Gasteiger partial charge >= 0.3 is 29.6 Å². The first-order valence-corrected chi connectivity index (χ1v) is 14.5. The minimum Gasteiger partial charge on any atom is -0.507 e. The van der Waals surface area contributed by atoms with Crippen LogP contribution in [0, 0.1) is 0 Å². The third-order valence-corrected chi connectivity index (χ3v) is 7.77. The molecule has 0 aliphatic carbocycles. The van der Waals surface area contributed by atoms with Crippen LogP contribution >= 0.6 is 0 Å². The first-order chi connectivity index (χ1) is 19.3. The van der Waals surface area contributed by atoms with Gasteiger partial charge in [0.05, 0.1) is 10.6 Å². The van der Waals surface area contributed by atoms with E-state index in [9.17, 15) is 40.9 Å². The molecule has 5 aromatic carbocycles. The number of phenols is 2. The van der Waals surface area contributed by atoms with Gasteiger partial charge in [0.15, 0.2) is 5.75 Å². The van der Waals surface area contributed by atoms with Gasteiger partial charge in [-0.15, -0.1) is 5.11 Å². The van der Waals surface area contributed by atoms with Crippen LogP contribution in [0.2, 0.25) is 0 Å². The van der Waals surface area contributed by atoms with Crippen LogP contribution in [0.3, 0.4) is 0 Å². The van der Waals surface area contributed by atoms with Crippen LogP contribution in [-0.2, 0) is 20.2 Å². The molecular formula is C27H19N3NaO9S2+. The summed E-state index contributed by atoms with van der Waals surface area (Å²) in [6, 6.07) is 19.8. The smallest absolute Gasteiger partial charge is 0.507 e. The van der Waals surface area contributed by atoms with Crippen LogP contribution in [0.5, 0.6) is 11.5 Å². The van der Waals surface area contributed by atoms with Crippen molar-refractivity contribution in [2.75, 3.05) is 5.32 Å². The molecule has 0 saturated heterocycles. The Hall–Kier alpha value is -3.89. The average molecular weight is 617 g/mol. The minimum absolute atomic E-state index is 0. The fourth-order valence-corrected chi connectivity index (χ4v) is 5.34. The van der Waals surface area contributed by atoms with Crippen molar-refractivity contribution in [3.8, 4) is 11.5 Å². The molecule has 42 heavy (non-hydrogen) atoms. The maximum Gasteiger partial charge on any atom is 1.00 e. The maximum atomic E-state index is 12.5. The molecule has 0 saturated carbocycles. The van der Waals surface area contributed by atoms with Crippen LogP contribution < -0.4 is 34.9 Å². The number of carbonyl (C=O) groups is 1. The molecule has 0 aromatic heterocycles. The van der Waals surface area contributed by atoms with E-state index in [-0.39, 0.29) is 56.8 Å². The predicted molar refractivity (Wildman–Crippen MR) is 149 cm³/mol. The monoisotopic (exact) mass is 616 g/mol. The number of azo groups is 1. The first kappa shape index (κ1) is 31.1.